The van der Waals surface area contributed by atoms with Crippen LogP contribution in [0.2, 0.25) is 0 Å². The monoisotopic (exact) mass is 277 g/mol. The molecule has 0 unspecified atom stereocenters. The summed E-state index contributed by atoms with van der Waals surface area (Å²) >= 11 is 6.89. The second kappa shape index (κ2) is 3.70. The fourth-order valence-corrected chi connectivity index (χ4v) is 1.85. The summed E-state index contributed by atoms with van der Waals surface area (Å²) in [6, 6.07) is 4.10. The van der Waals surface area contributed by atoms with Crippen molar-refractivity contribution in [2.45, 2.75) is 13.5 Å². The molecule has 0 heterocycles. The highest BCUT2D eigenvalue weighted by atomic mass is 79.9. The zero-order valence-electron chi connectivity index (χ0n) is 6.20. The van der Waals surface area contributed by atoms with E-state index in [2.05, 4.69) is 44.8 Å². The number of benzene rings is 1. The predicted octanol–water partition coefficient (Wildman–Crippen LogP) is 2.98. The molecule has 0 bridgehead atoms. The average molecular weight is 279 g/mol. The summed E-state index contributed by atoms with van der Waals surface area (Å²) in [5, 5.41) is 0. The van der Waals surface area contributed by atoms with Gasteiger partial charge in [0.25, 0.3) is 0 Å². The second-order valence-corrected chi connectivity index (χ2v) is 4.11. The first kappa shape index (κ1) is 9.23. The van der Waals surface area contributed by atoms with Crippen molar-refractivity contribution in [2.75, 3.05) is 0 Å². The molecule has 0 fully saturated rings. The molecule has 0 aliphatic heterocycles. The first-order chi connectivity index (χ1) is 5.15. The van der Waals surface area contributed by atoms with Gasteiger partial charge in [0.2, 0.25) is 0 Å². The lowest BCUT2D eigenvalue weighted by molar-refractivity contribution is 1.05. The maximum Gasteiger partial charge on any atom is 0.0223 e. The molecule has 0 aliphatic rings. The van der Waals surface area contributed by atoms with Gasteiger partial charge in [-0.3, -0.25) is 0 Å². The van der Waals surface area contributed by atoms with Crippen molar-refractivity contribution in [1.29, 1.82) is 0 Å². The second-order valence-electron chi connectivity index (χ2n) is 2.40. The van der Waals surface area contributed by atoms with Crippen LogP contribution < -0.4 is 5.73 Å². The molecule has 1 nitrogen and oxygen atoms in total. The zero-order valence-corrected chi connectivity index (χ0v) is 9.37. The van der Waals surface area contributed by atoms with Gasteiger partial charge in [-0.15, -0.1) is 0 Å². The maximum absolute atomic E-state index is 5.52. The Labute approximate surface area is 83.2 Å². The summed E-state index contributed by atoms with van der Waals surface area (Å²) in [6.07, 6.45) is 0. The summed E-state index contributed by atoms with van der Waals surface area (Å²) in [7, 11) is 0. The Bertz CT molecular complexity index is 271. The molecule has 0 spiro atoms. The highest BCUT2D eigenvalue weighted by molar-refractivity contribution is 9.11. The minimum Gasteiger partial charge on any atom is -0.326 e. The molecule has 1 aromatic carbocycles. The normalized spacial score (nSPS) is 10.2. The topological polar surface area (TPSA) is 26.0 Å². The lowest BCUT2D eigenvalue weighted by Gasteiger charge is -2.04. The Hall–Kier alpha value is 0.140. The summed E-state index contributed by atoms with van der Waals surface area (Å²) in [6.45, 7) is 2.62. The van der Waals surface area contributed by atoms with Crippen LogP contribution >= 0.6 is 31.9 Å². The average Bonchev–Trinajstić information content (AvgIpc) is 1.97. The van der Waals surface area contributed by atoms with E-state index in [0.717, 1.165) is 14.5 Å². The standard InChI is InChI=1S/C8H9Br2N/c1-5-2-8(10)6(4-11)3-7(5)9/h2-3H,4,11H2,1H3. The molecule has 0 amide bonds. The molecule has 3 heteroatoms. The van der Waals surface area contributed by atoms with Crippen molar-refractivity contribution < 1.29 is 0 Å². The van der Waals surface area contributed by atoms with Gasteiger partial charge in [0.15, 0.2) is 0 Å². The molecular formula is C8H9Br2N. The Balaban J connectivity index is 3.21. The van der Waals surface area contributed by atoms with E-state index in [1.807, 2.05) is 6.07 Å². The number of hydrogen-bond acceptors (Lipinski definition) is 1. The number of nitrogens with two attached hydrogens (primary N) is 1. The van der Waals surface area contributed by atoms with Crippen LogP contribution in [0.15, 0.2) is 21.1 Å². The van der Waals surface area contributed by atoms with Gasteiger partial charge in [-0.1, -0.05) is 31.9 Å². The van der Waals surface area contributed by atoms with Gasteiger partial charge in [-0.2, -0.15) is 0 Å². The van der Waals surface area contributed by atoms with Crippen LogP contribution in [-0.4, -0.2) is 0 Å². The maximum atomic E-state index is 5.52. The third kappa shape index (κ3) is 2.04. The minimum absolute atomic E-state index is 0.569. The summed E-state index contributed by atoms with van der Waals surface area (Å²) in [4.78, 5) is 0. The Morgan fingerprint density at radius 2 is 1.91 bits per heavy atom. The number of rotatable bonds is 1. The highest BCUT2D eigenvalue weighted by Gasteiger charge is 2.01. The van der Waals surface area contributed by atoms with E-state index in [-0.39, 0.29) is 0 Å². The van der Waals surface area contributed by atoms with Gasteiger partial charge >= 0.3 is 0 Å². The van der Waals surface area contributed by atoms with Crippen molar-refractivity contribution in [2.24, 2.45) is 5.73 Å². The number of halogens is 2. The van der Waals surface area contributed by atoms with Crippen LogP contribution in [0.4, 0.5) is 0 Å². The minimum atomic E-state index is 0.569. The van der Waals surface area contributed by atoms with Gasteiger partial charge in [0.05, 0.1) is 0 Å². The van der Waals surface area contributed by atoms with Crippen molar-refractivity contribution in [3.63, 3.8) is 0 Å². The predicted molar refractivity (Wildman–Crippen MR) is 54.5 cm³/mol. The Morgan fingerprint density at radius 1 is 1.27 bits per heavy atom. The van der Waals surface area contributed by atoms with Gasteiger partial charge < -0.3 is 5.73 Å². The van der Waals surface area contributed by atoms with Crippen LogP contribution in [0.25, 0.3) is 0 Å². The van der Waals surface area contributed by atoms with Crippen LogP contribution in [0.3, 0.4) is 0 Å². The third-order valence-electron chi connectivity index (χ3n) is 1.55. The molecule has 0 radical (unpaired) electrons. The van der Waals surface area contributed by atoms with E-state index in [1.54, 1.807) is 0 Å². The first-order valence-electron chi connectivity index (χ1n) is 3.29. The van der Waals surface area contributed by atoms with Gasteiger partial charge in [0.1, 0.15) is 0 Å². The summed E-state index contributed by atoms with van der Waals surface area (Å²) < 4.78 is 2.20. The fraction of sp³-hybridized carbons (Fsp3) is 0.250. The van der Waals surface area contributed by atoms with Gasteiger partial charge in [-0.05, 0) is 30.2 Å². The molecule has 0 saturated heterocycles. The molecule has 11 heavy (non-hydrogen) atoms. The van der Waals surface area contributed by atoms with Crippen molar-refractivity contribution in [1.82, 2.24) is 0 Å². The molecule has 1 rings (SSSR count). The Kier molecular flexibility index (Phi) is 3.10. The molecule has 0 saturated carbocycles. The summed E-state index contributed by atoms with van der Waals surface area (Å²) in [5.74, 6) is 0. The van der Waals surface area contributed by atoms with Gasteiger partial charge in [0, 0.05) is 15.5 Å². The molecule has 0 aromatic heterocycles. The van der Waals surface area contributed by atoms with E-state index >= 15 is 0 Å². The van der Waals surface area contributed by atoms with E-state index in [9.17, 15) is 0 Å². The first-order valence-corrected chi connectivity index (χ1v) is 4.88. The lowest BCUT2D eigenvalue weighted by atomic mass is 10.1. The summed E-state index contributed by atoms with van der Waals surface area (Å²) in [5.41, 5.74) is 7.86. The molecule has 0 aliphatic carbocycles. The van der Waals surface area contributed by atoms with Crippen LogP contribution in [0.5, 0.6) is 0 Å². The molecular weight excluding hydrogens is 270 g/mol. The van der Waals surface area contributed by atoms with E-state index in [4.69, 9.17) is 5.73 Å². The molecule has 2 N–H and O–H groups in total. The highest BCUT2D eigenvalue weighted by Crippen LogP contribution is 2.24. The lowest BCUT2D eigenvalue weighted by Crippen LogP contribution is -1.97. The van der Waals surface area contributed by atoms with E-state index in [1.165, 1.54) is 5.56 Å². The Morgan fingerprint density at radius 3 is 2.45 bits per heavy atom. The quantitative estimate of drug-likeness (QED) is 0.840. The SMILES string of the molecule is Cc1cc(Br)c(CN)cc1Br. The smallest absolute Gasteiger partial charge is 0.0223 e. The number of aryl methyl sites for hydroxylation is 1. The van der Waals surface area contributed by atoms with Crippen LogP contribution in [0, 0.1) is 6.92 Å². The van der Waals surface area contributed by atoms with E-state index < -0.39 is 0 Å². The fourth-order valence-electron chi connectivity index (χ4n) is 0.844. The molecule has 0 atom stereocenters. The van der Waals surface area contributed by atoms with Crippen molar-refractivity contribution >= 4 is 31.9 Å². The van der Waals surface area contributed by atoms with Crippen LogP contribution in [-0.2, 0) is 6.54 Å². The largest absolute Gasteiger partial charge is 0.326 e. The molecule has 60 valence electrons. The molecule has 1 aromatic rings. The van der Waals surface area contributed by atoms with Crippen molar-refractivity contribution in [3.8, 4) is 0 Å². The van der Waals surface area contributed by atoms with Crippen molar-refractivity contribution in [3.05, 3.63) is 32.2 Å². The van der Waals surface area contributed by atoms with Crippen LogP contribution in [0.1, 0.15) is 11.1 Å². The zero-order chi connectivity index (χ0) is 8.43. The number of hydrogen-bond donors (Lipinski definition) is 1. The van der Waals surface area contributed by atoms with E-state index in [0.29, 0.717) is 6.54 Å². The third-order valence-corrected chi connectivity index (χ3v) is 3.14. The van der Waals surface area contributed by atoms with Gasteiger partial charge in [-0.25, -0.2) is 0 Å².